The van der Waals surface area contributed by atoms with Crippen LogP contribution in [0.4, 0.5) is 4.39 Å². The third-order valence-electron chi connectivity index (χ3n) is 7.15. The third kappa shape index (κ3) is 3.77. The zero-order valence-corrected chi connectivity index (χ0v) is 16.6. The number of hydrogen-bond acceptors (Lipinski definition) is 3. The smallest absolute Gasteiger partial charge is 0.219 e. The molecule has 2 aliphatic heterocycles. The number of likely N-dealkylation sites (tertiary alicyclic amines) is 1. The van der Waals surface area contributed by atoms with Crippen LogP contribution < -0.4 is 0 Å². The number of halogens is 1. The first kappa shape index (κ1) is 18.9. The summed E-state index contributed by atoms with van der Waals surface area (Å²) < 4.78 is 19.8. The van der Waals surface area contributed by atoms with E-state index >= 15 is 0 Å². The molecule has 0 bridgehead atoms. The molecular formula is C22H31FN2O2. The van der Waals surface area contributed by atoms with Gasteiger partial charge in [-0.1, -0.05) is 6.07 Å². The maximum Gasteiger partial charge on any atom is 0.219 e. The van der Waals surface area contributed by atoms with Crippen LogP contribution in [0.2, 0.25) is 0 Å². The molecular weight excluding hydrogens is 343 g/mol. The number of methoxy groups -OCH3 is 1. The van der Waals surface area contributed by atoms with Gasteiger partial charge in [-0.2, -0.15) is 0 Å². The minimum Gasteiger partial charge on any atom is -0.380 e. The van der Waals surface area contributed by atoms with Crippen LogP contribution in [-0.2, 0) is 29.1 Å². The number of hydrogen-bond donors (Lipinski definition) is 0. The van der Waals surface area contributed by atoms with Crippen LogP contribution in [0.1, 0.15) is 55.7 Å². The van der Waals surface area contributed by atoms with Gasteiger partial charge in [0, 0.05) is 51.8 Å². The van der Waals surface area contributed by atoms with Crippen molar-refractivity contribution in [2.24, 2.45) is 5.41 Å². The number of carbonyl (C=O) groups is 1. The molecule has 0 aromatic heterocycles. The van der Waals surface area contributed by atoms with Gasteiger partial charge in [0.15, 0.2) is 0 Å². The molecule has 1 saturated heterocycles. The molecule has 0 N–H and O–H groups in total. The van der Waals surface area contributed by atoms with Crippen molar-refractivity contribution in [1.82, 2.24) is 9.80 Å². The lowest BCUT2D eigenvalue weighted by atomic mass is 9.76. The topological polar surface area (TPSA) is 32.8 Å². The van der Waals surface area contributed by atoms with Gasteiger partial charge in [-0.15, -0.1) is 0 Å². The zero-order valence-electron chi connectivity index (χ0n) is 16.6. The normalized spacial score (nSPS) is 25.0. The second-order valence-corrected chi connectivity index (χ2v) is 8.77. The number of ether oxygens (including phenoxy) is 1. The van der Waals surface area contributed by atoms with Gasteiger partial charge in [-0.3, -0.25) is 9.69 Å². The maximum atomic E-state index is 14.7. The highest BCUT2D eigenvalue weighted by molar-refractivity contribution is 5.73. The van der Waals surface area contributed by atoms with Crippen LogP contribution in [0.3, 0.4) is 0 Å². The van der Waals surface area contributed by atoms with Crippen LogP contribution in [0, 0.1) is 11.2 Å². The highest BCUT2D eigenvalue weighted by Crippen LogP contribution is 2.48. The fourth-order valence-corrected chi connectivity index (χ4v) is 5.50. The molecule has 2 fully saturated rings. The lowest BCUT2D eigenvalue weighted by Gasteiger charge is -2.40. The number of amides is 1. The van der Waals surface area contributed by atoms with Crippen molar-refractivity contribution >= 4 is 5.91 Å². The second kappa shape index (κ2) is 7.51. The van der Waals surface area contributed by atoms with Crippen molar-refractivity contribution in [2.75, 3.05) is 26.7 Å². The van der Waals surface area contributed by atoms with E-state index < -0.39 is 0 Å². The van der Waals surface area contributed by atoms with E-state index in [4.69, 9.17) is 4.74 Å². The molecule has 1 atom stereocenters. The monoisotopic (exact) mass is 374 g/mol. The number of benzene rings is 1. The summed E-state index contributed by atoms with van der Waals surface area (Å²) in [6.45, 7) is 5.70. The summed E-state index contributed by atoms with van der Waals surface area (Å²) in [7, 11) is 1.65. The van der Waals surface area contributed by atoms with Crippen molar-refractivity contribution < 1.29 is 13.9 Å². The second-order valence-electron chi connectivity index (χ2n) is 8.77. The molecule has 3 aliphatic rings. The molecule has 4 nitrogen and oxygen atoms in total. The summed E-state index contributed by atoms with van der Waals surface area (Å²) in [6.07, 6.45) is 6.84. The molecule has 27 heavy (non-hydrogen) atoms. The Morgan fingerprint density at radius 1 is 1.26 bits per heavy atom. The van der Waals surface area contributed by atoms with E-state index in [2.05, 4.69) is 11.0 Å². The molecule has 1 spiro atoms. The summed E-state index contributed by atoms with van der Waals surface area (Å²) in [5.41, 5.74) is 3.37. The molecule has 1 aromatic carbocycles. The number of rotatable bonds is 3. The fraction of sp³-hybridized carbons (Fsp3) is 0.682. The number of piperidine rings is 1. The summed E-state index contributed by atoms with van der Waals surface area (Å²) in [5.74, 6) is 0.127. The van der Waals surface area contributed by atoms with Gasteiger partial charge >= 0.3 is 0 Å². The van der Waals surface area contributed by atoms with Crippen LogP contribution in [-0.4, -0.2) is 48.5 Å². The highest BCUT2D eigenvalue weighted by Gasteiger charge is 2.43. The SMILES string of the molecule is COCc1cc(F)c2c(c1)CCN(C1CCC3(CCN(C(C)=O)CC3)C1)C2. The molecule has 4 rings (SSSR count). The average Bonchev–Trinajstić information content (AvgIpc) is 3.06. The quantitative estimate of drug-likeness (QED) is 0.812. The molecule has 1 unspecified atom stereocenters. The Balaban J connectivity index is 1.41. The van der Waals surface area contributed by atoms with Gasteiger partial charge in [0.2, 0.25) is 5.91 Å². The van der Waals surface area contributed by atoms with Crippen molar-refractivity contribution in [3.05, 3.63) is 34.6 Å². The highest BCUT2D eigenvalue weighted by atomic mass is 19.1. The predicted molar refractivity (Wildman–Crippen MR) is 103 cm³/mol. The fourth-order valence-electron chi connectivity index (χ4n) is 5.50. The molecule has 1 saturated carbocycles. The minimum atomic E-state index is -0.0771. The average molecular weight is 375 g/mol. The minimum absolute atomic E-state index is 0.0771. The number of nitrogens with zero attached hydrogens (tertiary/aromatic N) is 2. The van der Waals surface area contributed by atoms with Crippen LogP contribution in [0.5, 0.6) is 0 Å². The first-order valence-corrected chi connectivity index (χ1v) is 10.3. The first-order chi connectivity index (χ1) is 13.0. The van der Waals surface area contributed by atoms with Gasteiger partial charge in [-0.05, 0) is 61.1 Å². The summed E-state index contributed by atoms with van der Waals surface area (Å²) in [6, 6.07) is 4.31. The molecule has 0 radical (unpaired) electrons. The van der Waals surface area contributed by atoms with E-state index in [1.165, 1.54) is 19.3 Å². The largest absolute Gasteiger partial charge is 0.380 e. The number of fused-ring (bicyclic) bond motifs is 1. The van der Waals surface area contributed by atoms with Crippen molar-refractivity contribution in [3.8, 4) is 0 Å². The Kier molecular flexibility index (Phi) is 5.26. The standard InChI is InChI=1S/C22H31FN2O2/c1-16(26)24-9-6-22(7-10-24)5-3-19(13-22)25-8-4-18-11-17(15-27-2)12-21(23)20(18)14-25/h11-12,19H,3-10,13-15H2,1-2H3. The van der Waals surface area contributed by atoms with Gasteiger partial charge in [0.05, 0.1) is 6.61 Å². The predicted octanol–water partition coefficient (Wildman–Crippen LogP) is 3.51. The Labute approximate surface area is 161 Å². The van der Waals surface area contributed by atoms with Gasteiger partial charge in [0.1, 0.15) is 5.82 Å². The lowest BCUT2D eigenvalue weighted by molar-refractivity contribution is -0.131. The van der Waals surface area contributed by atoms with Crippen LogP contribution in [0.25, 0.3) is 0 Å². The van der Waals surface area contributed by atoms with E-state index in [9.17, 15) is 9.18 Å². The van der Waals surface area contributed by atoms with Gasteiger partial charge in [0.25, 0.3) is 0 Å². The Morgan fingerprint density at radius 2 is 2.04 bits per heavy atom. The lowest BCUT2D eigenvalue weighted by Crippen LogP contribution is -2.43. The van der Waals surface area contributed by atoms with E-state index in [-0.39, 0.29) is 11.7 Å². The number of carbonyl (C=O) groups excluding carboxylic acids is 1. The van der Waals surface area contributed by atoms with Gasteiger partial charge < -0.3 is 9.64 Å². The van der Waals surface area contributed by atoms with E-state index in [1.807, 2.05) is 4.90 Å². The van der Waals surface area contributed by atoms with E-state index in [1.54, 1.807) is 20.1 Å². The molecule has 1 aliphatic carbocycles. The Bertz CT molecular complexity index is 713. The van der Waals surface area contributed by atoms with Crippen LogP contribution in [0.15, 0.2) is 12.1 Å². The summed E-state index contributed by atoms with van der Waals surface area (Å²) in [4.78, 5) is 16.1. The first-order valence-electron chi connectivity index (χ1n) is 10.3. The van der Waals surface area contributed by atoms with E-state index in [0.717, 1.165) is 62.1 Å². The molecule has 148 valence electrons. The maximum absolute atomic E-state index is 14.7. The van der Waals surface area contributed by atoms with Gasteiger partial charge in [-0.25, -0.2) is 4.39 Å². The molecule has 1 aromatic rings. The summed E-state index contributed by atoms with van der Waals surface area (Å²) in [5, 5.41) is 0. The summed E-state index contributed by atoms with van der Waals surface area (Å²) >= 11 is 0. The van der Waals surface area contributed by atoms with Crippen molar-refractivity contribution in [2.45, 2.75) is 64.6 Å². The van der Waals surface area contributed by atoms with Crippen molar-refractivity contribution in [1.29, 1.82) is 0 Å². The molecule has 1 amide bonds. The van der Waals surface area contributed by atoms with Crippen LogP contribution >= 0.6 is 0 Å². The van der Waals surface area contributed by atoms with E-state index in [0.29, 0.717) is 18.1 Å². The Morgan fingerprint density at radius 3 is 2.74 bits per heavy atom. The molecule has 2 heterocycles. The Hall–Kier alpha value is -1.46. The molecule has 5 heteroatoms. The third-order valence-corrected chi connectivity index (χ3v) is 7.15. The zero-order chi connectivity index (χ0) is 19.0. The van der Waals surface area contributed by atoms with Crippen molar-refractivity contribution in [3.63, 3.8) is 0 Å².